The largest absolute Gasteiger partial charge is 0.364 e. The molecule has 4 heterocycles. The zero-order chi connectivity index (χ0) is 25.4. The molecule has 0 amide bonds. The van der Waals surface area contributed by atoms with Crippen LogP contribution in [0.25, 0.3) is 16.9 Å². The molecule has 190 valence electrons. The van der Waals surface area contributed by atoms with Gasteiger partial charge in [-0.1, -0.05) is 39.0 Å². The number of nitrogens with zero attached hydrogens (tertiary/aromatic N) is 7. The summed E-state index contributed by atoms with van der Waals surface area (Å²) in [6.45, 7) is 13.1. The van der Waals surface area contributed by atoms with Crippen LogP contribution in [0.3, 0.4) is 0 Å². The Balaban J connectivity index is 1.47. The number of hydrogen-bond donors (Lipinski definition) is 2. The summed E-state index contributed by atoms with van der Waals surface area (Å²) in [5.74, 6) is 1.48. The molecule has 1 saturated heterocycles. The summed E-state index contributed by atoms with van der Waals surface area (Å²) in [6, 6.07) is 10.9. The summed E-state index contributed by atoms with van der Waals surface area (Å²) in [7, 11) is 0. The minimum absolute atomic E-state index is 0.00494. The maximum atomic E-state index is 6.14. The first-order valence-electron chi connectivity index (χ1n) is 12.8. The second-order valence-electron chi connectivity index (χ2n) is 11.0. The predicted octanol–water partition coefficient (Wildman–Crippen LogP) is 4.43. The number of nitrogens with one attached hydrogen (secondary N) is 1. The molecule has 9 nitrogen and oxygen atoms in total. The first kappa shape index (κ1) is 24.2. The molecule has 3 N–H and O–H groups in total. The molecular weight excluding hydrogens is 450 g/mol. The molecule has 9 heteroatoms. The lowest BCUT2D eigenvalue weighted by Gasteiger charge is -2.30. The highest BCUT2D eigenvalue weighted by Crippen LogP contribution is 2.27. The fraction of sp³-hybridized carbons (Fsp3) is 0.481. The molecule has 0 radical (unpaired) electrons. The maximum absolute atomic E-state index is 6.14. The fourth-order valence-corrected chi connectivity index (χ4v) is 4.57. The molecule has 0 saturated carbocycles. The van der Waals surface area contributed by atoms with Gasteiger partial charge in [0.2, 0.25) is 5.95 Å². The molecule has 1 fully saturated rings. The number of hydrogen-bond acceptors (Lipinski definition) is 7. The van der Waals surface area contributed by atoms with Gasteiger partial charge in [0, 0.05) is 43.3 Å². The average molecular weight is 488 g/mol. The van der Waals surface area contributed by atoms with Crippen LogP contribution in [0.1, 0.15) is 64.8 Å². The van der Waals surface area contributed by atoms with E-state index in [0.29, 0.717) is 6.54 Å². The Kier molecular flexibility index (Phi) is 6.42. The molecule has 1 aliphatic rings. The smallest absolute Gasteiger partial charge is 0.229 e. The van der Waals surface area contributed by atoms with Gasteiger partial charge in [0.05, 0.1) is 17.7 Å². The van der Waals surface area contributed by atoms with Crippen molar-refractivity contribution in [2.75, 3.05) is 23.3 Å². The van der Waals surface area contributed by atoms with Gasteiger partial charge >= 0.3 is 0 Å². The summed E-state index contributed by atoms with van der Waals surface area (Å²) < 4.78 is 4.07. The number of benzene rings is 1. The lowest BCUT2D eigenvalue weighted by molar-refractivity contribution is 0.495. The Morgan fingerprint density at radius 2 is 1.83 bits per heavy atom. The van der Waals surface area contributed by atoms with E-state index in [1.54, 1.807) is 0 Å². The average Bonchev–Trinajstić information content (AvgIpc) is 3.51. The predicted molar refractivity (Wildman–Crippen MR) is 145 cm³/mol. The van der Waals surface area contributed by atoms with Gasteiger partial charge in [-0.2, -0.15) is 15.1 Å². The number of nitrogens with two attached hydrogens (primary N) is 1. The van der Waals surface area contributed by atoms with Gasteiger partial charge in [-0.05, 0) is 44.4 Å². The third kappa shape index (κ3) is 4.80. The highest BCUT2D eigenvalue weighted by Gasteiger charge is 2.22. The van der Waals surface area contributed by atoms with E-state index < -0.39 is 0 Å². The van der Waals surface area contributed by atoms with Crippen molar-refractivity contribution < 1.29 is 0 Å². The van der Waals surface area contributed by atoms with Gasteiger partial charge in [0.25, 0.3) is 0 Å². The van der Waals surface area contributed by atoms with Gasteiger partial charge in [-0.3, -0.25) is 0 Å². The second kappa shape index (κ2) is 9.54. The minimum atomic E-state index is -0.00494. The van der Waals surface area contributed by atoms with E-state index in [2.05, 4.69) is 78.7 Å². The summed E-state index contributed by atoms with van der Waals surface area (Å²) in [5, 5.41) is 8.42. The third-order valence-corrected chi connectivity index (χ3v) is 6.83. The Labute approximate surface area is 212 Å². The molecule has 0 aliphatic carbocycles. The molecule has 0 spiro atoms. The molecular formula is C27H37N9. The molecule has 1 aromatic carbocycles. The van der Waals surface area contributed by atoms with E-state index in [1.807, 2.05) is 23.3 Å². The van der Waals surface area contributed by atoms with Crippen molar-refractivity contribution in [1.29, 1.82) is 0 Å². The highest BCUT2D eigenvalue weighted by molar-refractivity contribution is 5.84. The fourth-order valence-electron chi connectivity index (χ4n) is 4.57. The van der Waals surface area contributed by atoms with Gasteiger partial charge < -0.3 is 20.5 Å². The monoisotopic (exact) mass is 487 g/mol. The highest BCUT2D eigenvalue weighted by atomic mass is 15.3. The van der Waals surface area contributed by atoms with E-state index in [0.717, 1.165) is 65.8 Å². The van der Waals surface area contributed by atoms with Crippen molar-refractivity contribution in [2.24, 2.45) is 5.73 Å². The van der Waals surface area contributed by atoms with Crippen LogP contribution >= 0.6 is 0 Å². The molecule has 1 aliphatic heterocycles. The van der Waals surface area contributed by atoms with Gasteiger partial charge in [-0.15, -0.1) is 0 Å². The SMILES string of the molecule is CC(C)n1cnc2c(NCc3ccccc3-n3ccc(C(C)(C)C)n3)nc(N3CCC(N)CC3)nc21. The Bertz CT molecular complexity index is 1340. The molecule has 0 unspecified atom stereocenters. The Morgan fingerprint density at radius 3 is 2.53 bits per heavy atom. The van der Waals surface area contributed by atoms with Crippen LogP contribution in [0.2, 0.25) is 0 Å². The number of imidazole rings is 1. The topological polar surface area (TPSA) is 103 Å². The van der Waals surface area contributed by atoms with Crippen LogP contribution in [0, 0.1) is 0 Å². The number of piperidine rings is 1. The minimum Gasteiger partial charge on any atom is -0.364 e. The third-order valence-electron chi connectivity index (χ3n) is 6.83. The van der Waals surface area contributed by atoms with Crippen LogP contribution in [-0.2, 0) is 12.0 Å². The zero-order valence-electron chi connectivity index (χ0n) is 21.9. The van der Waals surface area contributed by atoms with Gasteiger partial charge in [0.1, 0.15) is 0 Å². The van der Waals surface area contributed by atoms with E-state index in [1.165, 1.54) is 0 Å². The lowest BCUT2D eigenvalue weighted by atomic mass is 9.93. The van der Waals surface area contributed by atoms with Gasteiger partial charge in [0.15, 0.2) is 17.0 Å². The maximum Gasteiger partial charge on any atom is 0.229 e. The molecule has 5 rings (SSSR count). The second-order valence-corrected chi connectivity index (χ2v) is 11.0. The van der Waals surface area contributed by atoms with Gasteiger partial charge in [-0.25, -0.2) is 9.67 Å². The van der Waals surface area contributed by atoms with Crippen molar-refractivity contribution in [3.8, 4) is 5.69 Å². The van der Waals surface area contributed by atoms with Crippen molar-refractivity contribution in [2.45, 2.75) is 71.5 Å². The van der Waals surface area contributed by atoms with E-state index in [4.69, 9.17) is 20.8 Å². The molecule has 0 atom stereocenters. The van der Waals surface area contributed by atoms with Crippen LogP contribution in [0.15, 0.2) is 42.9 Å². The quantitative estimate of drug-likeness (QED) is 0.415. The molecule has 36 heavy (non-hydrogen) atoms. The van der Waals surface area contributed by atoms with Crippen LogP contribution in [0.4, 0.5) is 11.8 Å². The number of rotatable bonds is 6. The first-order chi connectivity index (χ1) is 17.2. The number of fused-ring (bicyclic) bond motifs is 1. The van der Waals surface area contributed by atoms with E-state index in [-0.39, 0.29) is 17.5 Å². The van der Waals surface area contributed by atoms with Crippen LogP contribution < -0.4 is 16.0 Å². The van der Waals surface area contributed by atoms with E-state index >= 15 is 0 Å². The molecule has 0 bridgehead atoms. The summed E-state index contributed by atoms with van der Waals surface area (Å²) in [4.78, 5) is 16.8. The number of anilines is 2. The summed E-state index contributed by atoms with van der Waals surface area (Å²) in [6.07, 6.45) is 5.78. The molecule has 4 aromatic rings. The number of aromatic nitrogens is 6. The summed E-state index contributed by atoms with van der Waals surface area (Å²) >= 11 is 0. The normalized spacial score (nSPS) is 15.2. The van der Waals surface area contributed by atoms with E-state index in [9.17, 15) is 0 Å². The standard InChI is InChI=1S/C27H37N9/c1-18(2)35-17-30-23-24(31-26(32-25(23)35)34-13-10-20(28)11-14-34)29-16-19-8-6-7-9-21(19)36-15-12-22(33-36)27(3,4)5/h6-9,12,15,17-18,20H,10-11,13-14,16,28H2,1-5H3,(H,29,31,32). The first-order valence-corrected chi connectivity index (χ1v) is 12.8. The Hall–Kier alpha value is -3.46. The van der Waals surface area contributed by atoms with Crippen molar-refractivity contribution in [3.63, 3.8) is 0 Å². The van der Waals surface area contributed by atoms with Crippen LogP contribution in [-0.4, -0.2) is 48.4 Å². The number of para-hydroxylation sites is 1. The Morgan fingerprint density at radius 1 is 1.08 bits per heavy atom. The summed E-state index contributed by atoms with van der Waals surface area (Å²) in [5.41, 5.74) is 11.0. The van der Waals surface area contributed by atoms with Crippen LogP contribution in [0.5, 0.6) is 0 Å². The van der Waals surface area contributed by atoms with Crippen molar-refractivity contribution in [1.82, 2.24) is 29.3 Å². The van der Waals surface area contributed by atoms with Crippen molar-refractivity contribution >= 4 is 22.9 Å². The zero-order valence-corrected chi connectivity index (χ0v) is 21.9. The lowest BCUT2D eigenvalue weighted by Crippen LogP contribution is -2.40. The van der Waals surface area contributed by atoms with Crippen molar-refractivity contribution in [3.05, 3.63) is 54.1 Å². The molecule has 3 aromatic heterocycles.